The second kappa shape index (κ2) is 5.98. The first-order valence-corrected chi connectivity index (χ1v) is 6.04. The van der Waals surface area contributed by atoms with Crippen molar-refractivity contribution in [2.45, 2.75) is 31.7 Å². The number of aliphatic hydroxyl groups excluding tert-OH is 1. The van der Waals surface area contributed by atoms with Crippen LogP contribution in [0.3, 0.4) is 0 Å². The molecule has 0 spiro atoms. The Kier molecular flexibility index (Phi) is 4.87. The predicted molar refractivity (Wildman–Crippen MR) is 68.1 cm³/mol. The lowest BCUT2D eigenvalue weighted by Gasteiger charge is -2.15. The molecule has 4 nitrogen and oxygen atoms in total. The standard InChI is InChI=1S/C13H15ClO4/c1-3-8-9(11(15)7(2)14)5-4-6-10(8)12(16)13(17)18/h4-7,12,16H,3H2,1-2H3,(H,17,18). The van der Waals surface area contributed by atoms with Gasteiger partial charge in [0.15, 0.2) is 11.9 Å². The van der Waals surface area contributed by atoms with Gasteiger partial charge < -0.3 is 10.2 Å². The molecule has 0 fully saturated rings. The van der Waals surface area contributed by atoms with Gasteiger partial charge in [-0.3, -0.25) is 4.79 Å². The zero-order chi connectivity index (χ0) is 13.9. The number of halogens is 1. The molecule has 0 radical (unpaired) electrons. The minimum atomic E-state index is -1.63. The van der Waals surface area contributed by atoms with Crippen LogP contribution in [0.15, 0.2) is 18.2 Å². The van der Waals surface area contributed by atoms with E-state index in [2.05, 4.69) is 0 Å². The molecular formula is C13H15ClO4. The third-order valence-electron chi connectivity index (χ3n) is 2.72. The molecule has 2 atom stereocenters. The third kappa shape index (κ3) is 2.89. The van der Waals surface area contributed by atoms with Crippen molar-refractivity contribution in [2.75, 3.05) is 0 Å². The fraction of sp³-hybridized carbons (Fsp3) is 0.385. The maximum Gasteiger partial charge on any atom is 0.337 e. The molecule has 0 heterocycles. The highest BCUT2D eigenvalue weighted by atomic mass is 35.5. The van der Waals surface area contributed by atoms with Gasteiger partial charge in [-0.2, -0.15) is 0 Å². The summed E-state index contributed by atoms with van der Waals surface area (Å²) in [6, 6.07) is 4.65. The van der Waals surface area contributed by atoms with Crippen LogP contribution in [0.1, 0.15) is 41.4 Å². The van der Waals surface area contributed by atoms with Gasteiger partial charge in [-0.05, 0) is 24.5 Å². The second-order valence-corrected chi connectivity index (χ2v) is 4.60. The van der Waals surface area contributed by atoms with Crippen molar-refractivity contribution < 1.29 is 19.8 Å². The van der Waals surface area contributed by atoms with Crippen LogP contribution in [0.2, 0.25) is 0 Å². The van der Waals surface area contributed by atoms with Gasteiger partial charge in [0.2, 0.25) is 0 Å². The highest BCUT2D eigenvalue weighted by Gasteiger charge is 2.23. The number of carboxylic acid groups (broad SMARTS) is 1. The number of hydrogen-bond acceptors (Lipinski definition) is 3. The molecule has 98 valence electrons. The summed E-state index contributed by atoms with van der Waals surface area (Å²) in [5, 5.41) is 17.8. The summed E-state index contributed by atoms with van der Waals surface area (Å²) in [7, 11) is 0. The Morgan fingerprint density at radius 2 is 2.00 bits per heavy atom. The average Bonchev–Trinajstić information content (AvgIpc) is 2.35. The van der Waals surface area contributed by atoms with E-state index in [0.717, 1.165) is 0 Å². The molecule has 2 unspecified atom stereocenters. The summed E-state index contributed by atoms with van der Waals surface area (Å²) in [4.78, 5) is 22.7. The molecule has 0 saturated carbocycles. The van der Waals surface area contributed by atoms with Crippen LogP contribution in [-0.4, -0.2) is 27.3 Å². The Morgan fingerprint density at radius 3 is 2.44 bits per heavy atom. The monoisotopic (exact) mass is 270 g/mol. The molecule has 2 N–H and O–H groups in total. The Bertz CT molecular complexity index is 468. The zero-order valence-corrected chi connectivity index (χ0v) is 10.9. The summed E-state index contributed by atoms with van der Waals surface area (Å²) < 4.78 is 0. The molecule has 18 heavy (non-hydrogen) atoms. The van der Waals surface area contributed by atoms with E-state index >= 15 is 0 Å². The third-order valence-corrected chi connectivity index (χ3v) is 2.92. The van der Waals surface area contributed by atoms with E-state index in [0.29, 0.717) is 17.5 Å². The highest BCUT2D eigenvalue weighted by molar-refractivity contribution is 6.33. The van der Waals surface area contributed by atoms with Crippen molar-refractivity contribution in [3.8, 4) is 0 Å². The minimum Gasteiger partial charge on any atom is -0.479 e. The number of carbonyl (C=O) groups is 2. The Labute approximate surface area is 110 Å². The Morgan fingerprint density at radius 1 is 1.39 bits per heavy atom. The van der Waals surface area contributed by atoms with Crippen LogP contribution in [0, 0.1) is 0 Å². The summed E-state index contributed by atoms with van der Waals surface area (Å²) in [6.07, 6.45) is -1.18. The first-order chi connectivity index (χ1) is 8.40. The van der Waals surface area contributed by atoms with E-state index in [4.69, 9.17) is 16.7 Å². The van der Waals surface area contributed by atoms with Crippen LogP contribution in [0.25, 0.3) is 0 Å². The van der Waals surface area contributed by atoms with Crippen molar-refractivity contribution in [1.82, 2.24) is 0 Å². The molecule has 0 bridgehead atoms. The first kappa shape index (κ1) is 14.7. The van der Waals surface area contributed by atoms with Gasteiger partial charge in [-0.25, -0.2) is 4.79 Å². The summed E-state index contributed by atoms with van der Waals surface area (Å²) in [5.74, 6) is -1.61. The number of hydrogen-bond donors (Lipinski definition) is 2. The summed E-state index contributed by atoms with van der Waals surface area (Å²) in [6.45, 7) is 3.35. The van der Waals surface area contributed by atoms with Crippen LogP contribution in [0.5, 0.6) is 0 Å². The quantitative estimate of drug-likeness (QED) is 0.635. The number of aliphatic carboxylic acids is 1. The normalized spacial score (nSPS) is 14.0. The molecule has 0 amide bonds. The van der Waals surface area contributed by atoms with Crippen LogP contribution in [-0.2, 0) is 11.2 Å². The molecule has 0 aliphatic carbocycles. The maximum atomic E-state index is 11.9. The molecule has 0 aromatic heterocycles. The molecule has 0 aliphatic rings. The number of alkyl halides is 1. The fourth-order valence-corrected chi connectivity index (χ4v) is 1.95. The lowest BCUT2D eigenvalue weighted by molar-refractivity contribution is -0.147. The summed E-state index contributed by atoms with van der Waals surface area (Å²) in [5.41, 5.74) is 1.15. The molecule has 1 rings (SSSR count). The second-order valence-electron chi connectivity index (χ2n) is 3.95. The topological polar surface area (TPSA) is 74.6 Å². The Hall–Kier alpha value is -1.39. The van der Waals surface area contributed by atoms with Crippen molar-refractivity contribution in [1.29, 1.82) is 0 Å². The lowest BCUT2D eigenvalue weighted by atomic mass is 9.92. The van der Waals surface area contributed by atoms with Crippen LogP contribution < -0.4 is 0 Å². The van der Waals surface area contributed by atoms with Crippen molar-refractivity contribution in [3.05, 3.63) is 34.9 Å². The van der Waals surface area contributed by atoms with Gasteiger partial charge in [0, 0.05) is 5.56 Å². The number of aliphatic hydroxyl groups is 1. The van der Waals surface area contributed by atoms with Crippen molar-refractivity contribution >= 4 is 23.4 Å². The zero-order valence-electron chi connectivity index (χ0n) is 10.2. The molecular weight excluding hydrogens is 256 g/mol. The van der Waals surface area contributed by atoms with E-state index in [1.165, 1.54) is 6.07 Å². The number of benzene rings is 1. The smallest absolute Gasteiger partial charge is 0.337 e. The van der Waals surface area contributed by atoms with Crippen molar-refractivity contribution in [2.24, 2.45) is 0 Å². The number of ketones is 1. The van der Waals surface area contributed by atoms with Gasteiger partial charge >= 0.3 is 5.97 Å². The van der Waals surface area contributed by atoms with E-state index in [9.17, 15) is 14.7 Å². The fourth-order valence-electron chi connectivity index (χ4n) is 1.83. The number of carbonyl (C=O) groups excluding carboxylic acids is 1. The predicted octanol–water partition coefficient (Wildman–Crippen LogP) is 2.18. The first-order valence-electron chi connectivity index (χ1n) is 5.61. The van der Waals surface area contributed by atoms with Crippen LogP contribution >= 0.6 is 11.6 Å². The Balaban J connectivity index is 3.35. The van der Waals surface area contributed by atoms with E-state index in [1.807, 2.05) is 0 Å². The SMILES string of the molecule is CCc1c(C(=O)C(C)Cl)cccc1C(O)C(=O)O. The van der Waals surface area contributed by atoms with Gasteiger partial charge in [0.1, 0.15) is 0 Å². The highest BCUT2D eigenvalue weighted by Crippen LogP contribution is 2.24. The maximum absolute atomic E-state index is 11.9. The van der Waals surface area contributed by atoms with E-state index < -0.39 is 17.5 Å². The van der Waals surface area contributed by atoms with E-state index in [-0.39, 0.29) is 11.3 Å². The number of rotatable bonds is 5. The van der Waals surface area contributed by atoms with Gasteiger partial charge in [0.25, 0.3) is 0 Å². The number of Topliss-reactive ketones (excluding diaryl/α,β-unsaturated/α-hetero) is 1. The van der Waals surface area contributed by atoms with Gasteiger partial charge in [-0.15, -0.1) is 11.6 Å². The van der Waals surface area contributed by atoms with Crippen LogP contribution in [0.4, 0.5) is 0 Å². The van der Waals surface area contributed by atoms with Gasteiger partial charge in [-0.1, -0.05) is 25.1 Å². The molecule has 0 saturated heterocycles. The number of carboxylic acids is 1. The largest absolute Gasteiger partial charge is 0.479 e. The van der Waals surface area contributed by atoms with E-state index in [1.54, 1.807) is 26.0 Å². The summed E-state index contributed by atoms with van der Waals surface area (Å²) >= 11 is 5.76. The minimum absolute atomic E-state index is 0.244. The molecule has 0 aliphatic heterocycles. The van der Waals surface area contributed by atoms with Gasteiger partial charge in [0.05, 0.1) is 5.38 Å². The molecule has 1 aromatic rings. The molecule has 1 aromatic carbocycles. The van der Waals surface area contributed by atoms with Crippen molar-refractivity contribution in [3.63, 3.8) is 0 Å². The molecule has 5 heteroatoms. The lowest BCUT2D eigenvalue weighted by Crippen LogP contribution is -2.18. The average molecular weight is 271 g/mol.